The number of piperidine rings is 1. The van der Waals surface area contributed by atoms with E-state index >= 15 is 0 Å². The van der Waals surface area contributed by atoms with Crippen LogP contribution in [0.1, 0.15) is 39.9 Å². The lowest BCUT2D eigenvalue weighted by Gasteiger charge is -2.28. The molecule has 0 radical (unpaired) electrons. The van der Waals surface area contributed by atoms with Gasteiger partial charge >= 0.3 is 0 Å². The second-order valence-electron chi connectivity index (χ2n) is 6.52. The summed E-state index contributed by atoms with van der Waals surface area (Å²) in [4.78, 5) is 59.4. The lowest BCUT2D eigenvalue weighted by Crippen LogP contribution is -2.53. The predicted octanol–water partition coefficient (Wildman–Crippen LogP) is 0.313. The number of aryl methyl sites for hydroxylation is 1. The van der Waals surface area contributed by atoms with Crippen LogP contribution in [-0.2, 0) is 32.0 Å². The fourth-order valence-corrected chi connectivity index (χ4v) is 3.51. The lowest BCUT2D eigenvalue weighted by atomic mass is 9.98. The van der Waals surface area contributed by atoms with Crippen LogP contribution in [0.2, 0.25) is 0 Å². The Labute approximate surface area is 144 Å². The Balaban J connectivity index is 1.89. The first-order chi connectivity index (χ1) is 11.9. The summed E-state index contributed by atoms with van der Waals surface area (Å²) in [6, 6.07) is 2.58. The van der Waals surface area contributed by atoms with Crippen LogP contribution >= 0.6 is 0 Å². The highest BCUT2D eigenvalue weighted by Gasteiger charge is 2.35. The van der Waals surface area contributed by atoms with Gasteiger partial charge in [0.25, 0.3) is 5.91 Å². The van der Waals surface area contributed by atoms with Gasteiger partial charge in [-0.2, -0.15) is 0 Å². The van der Waals surface area contributed by atoms with Crippen molar-refractivity contribution in [3.63, 3.8) is 0 Å². The highest BCUT2D eigenvalue weighted by atomic mass is 16.2. The van der Waals surface area contributed by atoms with Crippen molar-refractivity contribution in [2.24, 2.45) is 5.92 Å². The smallest absolute Gasteiger partial charge is 0.261 e. The molecule has 1 aliphatic carbocycles. The van der Waals surface area contributed by atoms with E-state index < -0.39 is 23.8 Å². The normalized spacial score (nSPS) is 22.1. The minimum atomic E-state index is -0.988. The number of hydrogen-bond acceptors (Lipinski definition) is 5. The third-order valence-electron chi connectivity index (χ3n) is 4.83. The van der Waals surface area contributed by atoms with Crippen molar-refractivity contribution in [1.82, 2.24) is 10.2 Å². The van der Waals surface area contributed by atoms with Gasteiger partial charge in [0.05, 0.1) is 0 Å². The largest absolute Gasteiger partial charge is 0.303 e. The topological polar surface area (TPSA) is 101 Å². The highest BCUT2D eigenvalue weighted by Crippen LogP contribution is 2.29. The standard InChI is InChI=1S/C18H18N2O5/c1-10-4-12-5-11(8-21)6-13(12)7-14(10)18(25)20(9-22)15-2-3-16(23)19-17(15)24/h4,7-9,11,15H,2-3,5-6H2,1H3,(H,19,23,24). The number of fused-ring (bicyclic) bond motifs is 1. The minimum absolute atomic E-state index is 0.0816. The van der Waals surface area contributed by atoms with Crippen LogP contribution in [0.25, 0.3) is 0 Å². The van der Waals surface area contributed by atoms with Gasteiger partial charge in [0.2, 0.25) is 18.2 Å². The first kappa shape index (κ1) is 17.0. The van der Waals surface area contributed by atoms with Crippen molar-refractivity contribution in [3.05, 3.63) is 34.4 Å². The number of nitrogens with one attached hydrogen (secondary N) is 1. The first-order valence-corrected chi connectivity index (χ1v) is 8.14. The van der Waals surface area contributed by atoms with Gasteiger partial charge in [0, 0.05) is 17.9 Å². The molecule has 7 nitrogen and oxygen atoms in total. The van der Waals surface area contributed by atoms with E-state index in [1.165, 1.54) is 0 Å². The molecule has 25 heavy (non-hydrogen) atoms. The van der Waals surface area contributed by atoms with Gasteiger partial charge in [-0.3, -0.25) is 29.4 Å². The van der Waals surface area contributed by atoms with Crippen molar-refractivity contribution in [3.8, 4) is 0 Å². The van der Waals surface area contributed by atoms with Crippen molar-refractivity contribution in [1.29, 1.82) is 0 Å². The molecule has 0 aromatic heterocycles. The van der Waals surface area contributed by atoms with E-state index in [-0.39, 0.29) is 18.8 Å². The summed E-state index contributed by atoms with van der Waals surface area (Å²) in [7, 11) is 0. The van der Waals surface area contributed by atoms with Crippen molar-refractivity contribution >= 4 is 30.4 Å². The lowest BCUT2D eigenvalue weighted by molar-refractivity contribution is -0.139. The third-order valence-corrected chi connectivity index (χ3v) is 4.83. The third kappa shape index (κ3) is 3.09. The molecule has 0 bridgehead atoms. The molecule has 1 aromatic carbocycles. The quantitative estimate of drug-likeness (QED) is 0.627. The number of carbonyl (C=O) groups excluding carboxylic acids is 5. The molecule has 1 aliphatic heterocycles. The fraction of sp³-hybridized carbons (Fsp3) is 0.389. The Bertz CT molecular complexity index is 786. The SMILES string of the molecule is Cc1cc2c(cc1C(=O)N(C=O)C1CCC(=O)NC1=O)CC(C=O)C2. The molecule has 3 rings (SSSR count). The maximum Gasteiger partial charge on any atom is 0.261 e. The van der Waals surface area contributed by atoms with Crippen LogP contribution in [0.3, 0.4) is 0 Å². The fourth-order valence-electron chi connectivity index (χ4n) is 3.51. The van der Waals surface area contributed by atoms with E-state index in [4.69, 9.17) is 0 Å². The van der Waals surface area contributed by atoms with E-state index in [9.17, 15) is 24.0 Å². The molecule has 7 heteroatoms. The van der Waals surface area contributed by atoms with E-state index in [1.807, 2.05) is 6.07 Å². The van der Waals surface area contributed by atoms with Gasteiger partial charge in [-0.1, -0.05) is 6.07 Å². The zero-order chi connectivity index (χ0) is 18.1. The predicted molar refractivity (Wildman–Crippen MR) is 86.5 cm³/mol. The van der Waals surface area contributed by atoms with Crippen LogP contribution < -0.4 is 5.32 Å². The number of amides is 4. The van der Waals surface area contributed by atoms with E-state index in [2.05, 4.69) is 5.32 Å². The summed E-state index contributed by atoms with van der Waals surface area (Å²) in [5.74, 6) is -1.71. The van der Waals surface area contributed by atoms with Crippen molar-refractivity contribution < 1.29 is 24.0 Å². The molecule has 130 valence electrons. The zero-order valence-electron chi connectivity index (χ0n) is 13.8. The van der Waals surface area contributed by atoms with Crippen molar-refractivity contribution in [2.45, 2.75) is 38.6 Å². The van der Waals surface area contributed by atoms with Crippen LogP contribution in [0, 0.1) is 12.8 Å². The summed E-state index contributed by atoms with van der Waals surface area (Å²) in [6.07, 6.45) is 2.67. The molecule has 1 heterocycles. The molecule has 1 N–H and O–H groups in total. The van der Waals surface area contributed by atoms with E-state index in [0.29, 0.717) is 30.4 Å². The number of rotatable bonds is 4. The van der Waals surface area contributed by atoms with E-state index in [0.717, 1.165) is 22.3 Å². The summed E-state index contributed by atoms with van der Waals surface area (Å²) < 4.78 is 0. The molecule has 2 aliphatic rings. The van der Waals surface area contributed by atoms with Crippen molar-refractivity contribution in [2.75, 3.05) is 0 Å². The van der Waals surface area contributed by atoms with Crippen LogP contribution in [-0.4, -0.2) is 41.4 Å². The second-order valence-corrected chi connectivity index (χ2v) is 6.52. The molecule has 1 fully saturated rings. The Morgan fingerprint density at radius 3 is 2.48 bits per heavy atom. The molecule has 2 unspecified atom stereocenters. The molecule has 1 aromatic rings. The number of nitrogens with zero attached hydrogens (tertiary/aromatic N) is 1. The number of hydrogen-bond donors (Lipinski definition) is 1. The molecule has 1 saturated heterocycles. The molecule has 4 amide bonds. The number of imide groups is 2. The Morgan fingerprint density at radius 1 is 1.20 bits per heavy atom. The average Bonchev–Trinajstić information content (AvgIpc) is 2.98. The summed E-state index contributed by atoms with van der Waals surface area (Å²) >= 11 is 0. The zero-order valence-corrected chi connectivity index (χ0v) is 13.8. The Kier molecular flexibility index (Phi) is 4.48. The van der Waals surface area contributed by atoms with Crippen LogP contribution in [0.15, 0.2) is 12.1 Å². The van der Waals surface area contributed by atoms with Crippen LogP contribution in [0.4, 0.5) is 0 Å². The maximum absolute atomic E-state index is 12.8. The molecule has 2 atom stereocenters. The van der Waals surface area contributed by atoms with Crippen LogP contribution in [0.5, 0.6) is 0 Å². The summed E-state index contributed by atoms with van der Waals surface area (Å²) in [6.45, 7) is 1.76. The van der Waals surface area contributed by atoms with Gasteiger partial charge in [0.15, 0.2) is 0 Å². The summed E-state index contributed by atoms with van der Waals surface area (Å²) in [5, 5.41) is 2.15. The Morgan fingerprint density at radius 2 is 1.88 bits per heavy atom. The molecular weight excluding hydrogens is 324 g/mol. The average molecular weight is 342 g/mol. The number of benzene rings is 1. The first-order valence-electron chi connectivity index (χ1n) is 8.14. The molecule has 0 saturated carbocycles. The monoisotopic (exact) mass is 342 g/mol. The summed E-state index contributed by atoms with van der Waals surface area (Å²) in [5.41, 5.74) is 2.97. The van der Waals surface area contributed by atoms with Gasteiger partial charge in [-0.15, -0.1) is 0 Å². The Hall–Kier alpha value is -2.83. The number of carbonyl (C=O) groups is 5. The minimum Gasteiger partial charge on any atom is -0.303 e. The number of aldehydes is 1. The molecular formula is C18H18N2O5. The van der Waals surface area contributed by atoms with Gasteiger partial charge in [0.1, 0.15) is 12.3 Å². The maximum atomic E-state index is 12.8. The van der Waals surface area contributed by atoms with E-state index in [1.54, 1.807) is 13.0 Å². The van der Waals surface area contributed by atoms with Gasteiger partial charge < -0.3 is 4.79 Å². The second kappa shape index (κ2) is 6.58. The molecule has 0 spiro atoms. The highest BCUT2D eigenvalue weighted by molar-refractivity contribution is 6.07. The van der Waals surface area contributed by atoms with Gasteiger partial charge in [-0.05, 0) is 48.9 Å². The van der Waals surface area contributed by atoms with Gasteiger partial charge in [-0.25, -0.2) is 0 Å².